The number of amides is 1. The summed E-state index contributed by atoms with van der Waals surface area (Å²) in [6.07, 6.45) is 3.65. The number of carbonyl (C=O) groups is 1. The molecular formula is C19H21FN4O3S. The molecule has 0 bridgehead atoms. The van der Waals surface area contributed by atoms with Crippen molar-refractivity contribution >= 4 is 23.0 Å². The van der Waals surface area contributed by atoms with Crippen LogP contribution < -0.4 is 5.32 Å². The Hall–Kier alpha value is -2.52. The first-order valence-corrected chi connectivity index (χ1v) is 9.45. The summed E-state index contributed by atoms with van der Waals surface area (Å²) in [5.74, 6) is -0.403. The quantitative estimate of drug-likeness (QED) is 0.724. The molecule has 1 aliphatic heterocycles. The molecule has 0 fully saturated rings. The number of thioether (sulfide) groups is 1. The molecule has 0 aliphatic carbocycles. The second-order valence-electron chi connectivity index (χ2n) is 7.39. The topological polar surface area (TPSA) is 108 Å². The molecule has 1 amide bonds. The molecule has 28 heavy (non-hydrogen) atoms. The van der Waals surface area contributed by atoms with Crippen molar-refractivity contribution in [1.29, 1.82) is 0 Å². The van der Waals surface area contributed by atoms with Gasteiger partial charge in [0.25, 0.3) is 0 Å². The van der Waals surface area contributed by atoms with E-state index in [9.17, 15) is 14.3 Å². The maximum atomic E-state index is 14.4. The molecule has 7 nitrogen and oxygen atoms in total. The lowest BCUT2D eigenvalue weighted by Crippen LogP contribution is -2.45. The van der Waals surface area contributed by atoms with Crippen molar-refractivity contribution in [2.24, 2.45) is 4.99 Å². The lowest BCUT2D eigenvalue weighted by Gasteiger charge is -2.40. The number of nitrogens with one attached hydrogen (secondary N) is 1. The number of carboxylic acid groups (broad SMARTS) is 1. The number of amidine groups is 1. The molecule has 148 valence electrons. The van der Waals surface area contributed by atoms with Gasteiger partial charge in [-0.05, 0) is 44.9 Å². The van der Waals surface area contributed by atoms with Crippen molar-refractivity contribution in [2.45, 2.75) is 43.6 Å². The van der Waals surface area contributed by atoms with E-state index in [0.29, 0.717) is 17.5 Å². The van der Waals surface area contributed by atoms with Crippen molar-refractivity contribution in [1.82, 2.24) is 15.3 Å². The van der Waals surface area contributed by atoms with Crippen LogP contribution in [0.25, 0.3) is 11.1 Å². The third kappa shape index (κ3) is 4.31. The zero-order chi connectivity index (χ0) is 20.5. The fourth-order valence-electron chi connectivity index (χ4n) is 3.08. The van der Waals surface area contributed by atoms with E-state index in [1.807, 2.05) is 6.92 Å². The van der Waals surface area contributed by atoms with Crippen molar-refractivity contribution < 1.29 is 19.4 Å². The van der Waals surface area contributed by atoms with Crippen molar-refractivity contribution in [3.05, 3.63) is 48.3 Å². The maximum Gasteiger partial charge on any atom is 0.410 e. The molecule has 3 rings (SSSR count). The normalized spacial score (nSPS) is 22.5. The van der Waals surface area contributed by atoms with E-state index in [-0.39, 0.29) is 5.17 Å². The summed E-state index contributed by atoms with van der Waals surface area (Å²) in [6.45, 7) is 5.19. The number of hydrogen-bond acceptors (Lipinski definition) is 6. The molecule has 0 spiro atoms. The molecule has 0 radical (unpaired) electrons. The predicted molar refractivity (Wildman–Crippen MR) is 106 cm³/mol. The van der Waals surface area contributed by atoms with Crippen LogP contribution in [0.2, 0.25) is 0 Å². The van der Waals surface area contributed by atoms with Gasteiger partial charge in [-0.2, -0.15) is 0 Å². The van der Waals surface area contributed by atoms with Gasteiger partial charge < -0.3 is 10.2 Å². The molecule has 0 saturated heterocycles. The average molecular weight is 404 g/mol. The van der Waals surface area contributed by atoms with Gasteiger partial charge >= 0.3 is 6.09 Å². The van der Waals surface area contributed by atoms with Gasteiger partial charge in [0, 0.05) is 28.3 Å². The number of aromatic nitrogens is 2. The predicted octanol–water partition coefficient (Wildman–Crippen LogP) is 3.40. The summed E-state index contributed by atoms with van der Waals surface area (Å²) in [5, 5.41) is 22.1. The molecule has 1 aromatic heterocycles. The summed E-state index contributed by atoms with van der Waals surface area (Å²) >= 11 is 1.24. The number of aliphatic imine (C=N–C) groups is 1. The third-order valence-electron chi connectivity index (χ3n) is 4.66. The lowest BCUT2D eigenvalue weighted by molar-refractivity contribution is 0.0460. The van der Waals surface area contributed by atoms with Crippen LogP contribution >= 0.6 is 11.8 Å². The number of halogens is 1. The largest absolute Gasteiger partial charge is 0.465 e. The molecule has 2 aromatic rings. The highest BCUT2D eigenvalue weighted by atomic mass is 32.2. The fourth-order valence-corrected chi connectivity index (χ4v) is 4.32. The number of hydrogen-bond donors (Lipinski definition) is 3. The van der Waals surface area contributed by atoms with Gasteiger partial charge in [-0.3, -0.25) is 10.3 Å². The van der Waals surface area contributed by atoms with Gasteiger partial charge in [0.1, 0.15) is 12.1 Å². The number of aliphatic hydroxyl groups is 1. The van der Waals surface area contributed by atoms with Crippen LogP contribution in [0.3, 0.4) is 0 Å². The van der Waals surface area contributed by atoms with Crippen molar-refractivity contribution in [2.75, 3.05) is 0 Å². The molecule has 1 aliphatic rings. The van der Waals surface area contributed by atoms with Crippen LogP contribution in [0.15, 0.2) is 41.9 Å². The van der Waals surface area contributed by atoms with Crippen LogP contribution in [0.1, 0.15) is 32.8 Å². The first-order valence-electron chi connectivity index (χ1n) is 8.63. The van der Waals surface area contributed by atoms with E-state index in [1.165, 1.54) is 36.5 Å². The van der Waals surface area contributed by atoms with Crippen LogP contribution in [0.5, 0.6) is 0 Å². The van der Waals surface area contributed by atoms with Crippen molar-refractivity contribution in [3.63, 3.8) is 0 Å². The third-order valence-corrected chi connectivity index (χ3v) is 5.91. The first-order chi connectivity index (χ1) is 13.1. The minimum atomic E-state index is -1.23. The van der Waals surface area contributed by atoms with Crippen LogP contribution in [0, 0.1) is 5.82 Å². The van der Waals surface area contributed by atoms with E-state index in [1.54, 1.807) is 26.0 Å². The Bertz CT molecular complexity index is 917. The highest BCUT2D eigenvalue weighted by Crippen LogP contribution is 2.47. The van der Waals surface area contributed by atoms with Crippen LogP contribution in [0.4, 0.5) is 9.18 Å². The zero-order valence-corrected chi connectivity index (χ0v) is 16.5. The maximum absolute atomic E-state index is 14.4. The second kappa shape index (κ2) is 7.48. The minimum absolute atomic E-state index is 0.197. The van der Waals surface area contributed by atoms with E-state index >= 15 is 0 Å². The van der Waals surface area contributed by atoms with Crippen molar-refractivity contribution in [3.8, 4) is 11.1 Å². The van der Waals surface area contributed by atoms with Gasteiger partial charge in [0.05, 0.1) is 11.6 Å². The molecule has 2 heterocycles. The molecule has 1 aromatic carbocycles. The van der Waals surface area contributed by atoms with Gasteiger partial charge in [0.2, 0.25) is 0 Å². The fraction of sp³-hybridized carbons (Fsp3) is 0.368. The van der Waals surface area contributed by atoms with E-state index in [4.69, 9.17) is 5.11 Å². The van der Waals surface area contributed by atoms with E-state index in [2.05, 4.69) is 20.3 Å². The summed E-state index contributed by atoms with van der Waals surface area (Å²) in [7, 11) is 0. The van der Waals surface area contributed by atoms with Crippen LogP contribution in [-0.2, 0) is 4.75 Å². The molecule has 3 N–H and O–H groups in total. The molecule has 0 unspecified atom stereocenters. The van der Waals surface area contributed by atoms with E-state index in [0.717, 1.165) is 5.56 Å². The summed E-state index contributed by atoms with van der Waals surface area (Å²) in [4.78, 5) is 23.4. The second-order valence-corrected chi connectivity index (χ2v) is 8.88. The van der Waals surface area contributed by atoms with Gasteiger partial charge in [-0.15, -0.1) is 0 Å². The Morgan fingerprint density at radius 1 is 1.36 bits per heavy atom. The smallest absolute Gasteiger partial charge is 0.410 e. The average Bonchev–Trinajstić information content (AvgIpc) is 2.61. The standard InChI is InChI=1S/C19H21FN4O3S/c1-18(2,27)15-7-19(3,28-16(23-15)24-17(25)26)12-4-5-14(20)13(6-12)11-8-21-10-22-9-11/h4-6,8-10,15,27H,7H2,1-3H3,(H,23,24)(H,25,26)/t15-,19-/m0/s1. The highest BCUT2D eigenvalue weighted by molar-refractivity contribution is 8.14. The Kier molecular flexibility index (Phi) is 5.40. The summed E-state index contributed by atoms with van der Waals surface area (Å²) < 4.78 is 13.8. The summed E-state index contributed by atoms with van der Waals surface area (Å²) in [6, 6.07) is 4.22. The lowest BCUT2D eigenvalue weighted by atomic mass is 9.85. The summed E-state index contributed by atoms with van der Waals surface area (Å²) in [5.41, 5.74) is 0.536. The monoisotopic (exact) mass is 404 g/mol. The van der Waals surface area contributed by atoms with Gasteiger partial charge in [0.15, 0.2) is 5.17 Å². The first kappa shape index (κ1) is 20.2. The Balaban J connectivity index is 2.04. The number of nitrogens with zero attached hydrogens (tertiary/aromatic N) is 3. The minimum Gasteiger partial charge on any atom is -0.465 e. The van der Waals surface area contributed by atoms with E-state index < -0.39 is 28.3 Å². The van der Waals surface area contributed by atoms with Gasteiger partial charge in [-0.1, -0.05) is 17.8 Å². The Morgan fingerprint density at radius 2 is 2.04 bits per heavy atom. The SMILES string of the molecule is CC(C)(O)[C@@H]1C[C@@](C)(c2ccc(F)c(-c3cncnc3)c2)SC(NC(=O)O)=N1. The molecule has 2 atom stereocenters. The highest BCUT2D eigenvalue weighted by Gasteiger charge is 2.42. The number of benzene rings is 1. The zero-order valence-electron chi connectivity index (χ0n) is 15.7. The molecular weight excluding hydrogens is 383 g/mol. The number of rotatable bonds is 3. The Labute approximate surface area is 166 Å². The van der Waals surface area contributed by atoms with Crippen LogP contribution in [-0.4, -0.2) is 43.1 Å². The molecule has 9 heteroatoms. The molecule has 0 saturated carbocycles. The Morgan fingerprint density at radius 3 is 2.64 bits per heavy atom. The van der Waals surface area contributed by atoms with Gasteiger partial charge in [-0.25, -0.2) is 19.2 Å².